The zero-order chi connectivity index (χ0) is 79.5. The van der Waals surface area contributed by atoms with Crippen molar-refractivity contribution < 1.29 is 223 Å². The lowest BCUT2D eigenvalue weighted by Gasteiger charge is -2.51. The van der Waals surface area contributed by atoms with E-state index in [0.29, 0.717) is 0 Å². The van der Waals surface area contributed by atoms with Crippen LogP contribution >= 0.6 is 0 Å². The first-order valence-corrected chi connectivity index (χ1v) is 34.5. The normalized spacial score (nSPS) is 50.4. The zero-order valence-corrected chi connectivity index (χ0v) is 58.0. The van der Waals surface area contributed by atoms with Crippen LogP contribution in [0.15, 0.2) is 0 Å². The number of aliphatic hydroxyl groups excluding tert-OH is 25. The third-order valence-corrected chi connectivity index (χ3v) is 19.9. The number of carbonyl (C=O) groups excluding carboxylic acids is 3. The van der Waals surface area contributed by atoms with E-state index in [1.54, 1.807) is 0 Å². The average Bonchev–Trinajstić information content (AvgIpc) is 0.766. The molecule has 3 amide bonds. The van der Waals surface area contributed by atoms with Gasteiger partial charge in [0.1, 0.15) is 213 Å². The van der Waals surface area contributed by atoms with Crippen LogP contribution in [0.4, 0.5) is 0 Å². The molecule has 48 nitrogen and oxygen atoms in total. The Labute approximate surface area is 611 Å². The molecule has 48 heteroatoms. The highest BCUT2D eigenvalue weighted by Crippen LogP contribution is 2.40. The first-order chi connectivity index (χ1) is 51.0. The molecule has 0 radical (unpaired) electrons. The van der Waals surface area contributed by atoms with Gasteiger partial charge >= 0.3 is 0 Å². The average molecular weight is 1580 g/mol. The maximum Gasteiger partial charge on any atom is 0.217 e. The fourth-order valence-electron chi connectivity index (χ4n) is 13.9. The van der Waals surface area contributed by atoms with Gasteiger partial charge in [-0.2, -0.15) is 0 Å². The summed E-state index contributed by atoms with van der Waals surface area (Å²) in [6.07, 6.45) is -84.8. The van der Waals surface area contributed by atoms with Crippen LogP contribution in [0, 0.1) is 0 Å². The topological polar surface area (TPSA) is 750 Å². The highest BCUT2D eigenvalue weighted by molar-refractivity contribution is 5.74. The number of ether oxygens (including phenoxy) is 17. The summed E-state index contributed by atoms with van der Waals surface area (Å²) < 4.78 is 99.4. The standard InChI is InChI=1S/C60H101N3O45/c1-13-28(73)37(82)41(86)55(94-13)93-12-24-48(34(79)25(52(91)95-24)61-14(2)70)103-53-26(62-15(3)71)35(80)47(21(9-68)100-53)105-59-45(90)50(33(78)23(102-59)11-92-56-42(87)38(83)29(74)17(5-64)96-56)107-60-51(40(85)31(76)19(7-66)99-60)108-54-27(63-16(4)72)36(81)46(22(10-69)101-54)104-58-44(89)49(32(77)20(8-67)98-58)106-57-43(88)39(84)30(75)18(6-65)97-57/h13,17-60,64-69,73-91H,5-12H2,1-4H3,(H,61,70)(H,62,71)(H,63,72)/t13-,17+,18+,19+,20+,21+,22+,23+,24+,25+,26+,27+,28+,29+,30-,31+,32-,33+,34+,35+,36+,37+,38-,39-,40-,41-,42-,43+,44+,45-,46+,47+,48+,49-,50-,51-,52+,53-,54-,55+,56-,57+,58-,59-,60+/m0/s1. The van der Waals surface area contributed by atoms with Crippen molar-refractivity contribution in [3.05, 3.63) is 0 Å². The highest BCUT2D eigenvalue weighted by Gasteiger charge is 2.61. The maximum absolute atomic E-state index is 13.1. The van der Waals surface area contributed by atoms with Crippen LogP contribution in [-0.4, -0.2) is 474 Å². The van der Waals surface area contributed by atoms with Crippen molar-refractivity contribution in [2.45, 2.75) is 304 Å². The minimum atomic E-state index is -2.52. The van der Waals surface area contributed by atoms with Crippen LogP contribution in [-0.2, 0) is 94.9 Å². The Kier molecular flexibility index (Phi) is 31.6. The molecule has 9 aliphatic rings. The van der Waals surface area contributed by atoms with E-state index in [4.69, 9.17) is 80.5 Å². The molecule has 626 valence electrons. The predicted octanol–water partition coefficient (Wildman–Crippen LogP) is -19.2. The Morgan fingerprint density at radius 3 is 1.01 bits per heavy atom. The summed E-state index contributed by atoms with van der Waals surface area (Å²) in [7, 11) is 0. The van der Waals surface area contributed by atoms with Gasteiger partial charge in [-0.1, -0.05) is 0 Å². The quantitative estimate of drug-likeness (QED) is 0.0363. The van der Waals surface area contributed by atoms with Crippen LogP contribution in [0.25, 0.3) is 0 Å². The van der Waals surface area contributed by atoms with E-state index < -0.39 is 347 Å². The molecule has 9 aliphatic heterocycles. The fraction of sp³-hybridized carbons (Fsp3) is 0.950. The second kappa shape index (κ2) is 38.5. The molecular weight excluding hydrogens is 1480 g/mol. The maximum atomic E-state index is 13.1. The number of rotatable bonds is 27. The molecular formula is C60H101N3O45. The van der Waals surface area contributed by atoms with Crippen LogP contribution < -0.4 is 16.0 Å². The zero-order valence-electron chi connectivity index (χ0n) is 58.0. The minimum Gasteiger partial charge on any atom is -0.394 e. The molecule has 28 N–H and O–H groups in total. The lowest BCUT2D eigenvalue weighted by Crippen LogP contribution is -2.71. The lowest BCUT2D eigenvalue weighted by atomic mass is 9.93. The van der Waals surface area contributed by atoms with Crippen LogP contribution in [0.2, 0.25) is 0 Å². The molecule has 0 spiro atoms. The van der Waals surface area contributed by atoms with Gasteiger partial charge in [0.05, 0.1) is 59.0 Å². The Morgan fingerprint density at radius 2 is 0.556 bits per heavy atom. The van der Waals surface area contributed by atoms with Crippen molar-refractivity contribution in [3.63, 3.8) is 0 Å². The van der Waals surface area contributed by atoms with Crippen molar-refractivity contribution in [1.29, 1.82) is 0 Å². The van der Waals surface area contributed by atoms with Crippen LogP contribution in [0.1, 0.15) is 27.7 Å². The Hall–Kier alpha value is -3.27. The second-order valence-corrected chi connectivity index (χ2v) is 27.5. The van der Waals surface area contributed by atoms with Crippen molar-refractivity contribution in [1.82, 2.24) is 16.0 Å². The largest absolute Gasteiger partial charge is 0.394 e. The number of hydrogen-bond acceptors (Lipinski definition) is 45. The molecule has 0 aromatic carbocycles. The molecule has 9 rings (SSSR count). The van der Waals surface area contributed by atoms with E-state index in [0.717, 1.165) is 20.8 Å². The summed E-state index contributed by atoms with van der Waals surface area (Å²) in [6.45, 7) is -4.16. The monoisotopic (exact) mass is 1580 g/mol. The first kappa shape index (κ1) is 88.7. The molecule has 9 fully saturated rings. The number of nitrogens with one attached hydrogen (secondary N) is 3. The summed E-state index contributed by atoms with van der Waals surface area (Å²) in [5.41, 5.74) is 0. The van der Waals surface area contributed by atoms with Gasteiger partial charge in [-0.25, -0.2) is 0 Å². The van der Waals surface area contributed by atoms with Crippen LogP contribution in [0.5, 0.6) is 0 Å². The first-order valence-electron chi connectivity index (χ1n) is 34.5. The van der Waals surface area contributed by atoms with E-state index >= 15 is 0 Å². The molecule has 0 unspecified atom stereocenters. The Balaban J connectivity index is 0.994. The van der Waals surface area contributed by atoms with Gasteiger partial charge in [-0.15, -0.1) is 0 Å². The van der Waals surface area contributed by atoms with Gasteiger partial charge in [0.15, 0.2) is 56.6 Å². The van der Waals surface area contributed by atoms with E-state index in [2.05, 4.69) is 16.0 Å². The second-order valence-electron chi connectivity index (χ2n) is 27.5. The molecule has 0 aliphatic carbocycles. The van der Waals surface area contributed by atoms with Gasteiger partial charge in [0.2, 0.25) is 17.7 Å². The summed E-state index contributed by atoms with van der Waals surface area (Å²) in [5, 5.41) is 283. The third-order valence-electron chi connectivity index (χ3n) is 19.9. The summed E-state index contributed by atoms with van der Waals surface area (Å²) in [4.78, 5) is 38.4. The van der Waals surface area contributed by atoms with Crippen molar-refractivity contribution in [2.75, 3.05) is 52.9 Å². The van der Waals surface area contributed by atoms with E-state index in [9.17, 15) is 142 Å². The van der Waals surface area contributed by atoms with E-state index in [-0.39, 0.29) is 0 Å². The van der Waals surface area contributed by atoms with Crippen LogP contribution in [0.3, 0.4) is 0 Å². The van der Waals surface area contributed by atoms with Gasteiger partial charge < -0.3 is 224 Å². The minimum absolute atomic E-state index is 0.814. The Morgan fingerprint density at radius 1 is 0.259 bits per heavy atom. The molecule has 108 heavy (non-hydrogen) atoms. The summed E-state index contributed by atoms with van der Waals surface area (Å²) in [6, 6.07) is -5.65. The molecule has 45 atom stereocenters. The van der Waals surface area contributed by atoms with Crippen molar-refractivity contribution in [2.24, 2.45) is 0 Å². The summed E-state index contributed by atoms with van der Waals surface area (Å²) >= 11 is 0. The summed E-state index contributed by atoms with van der Waals surface area (Å²) in [5.74, 6) is -2.74. The SMILES string of the molecule is CC(=O)N[C@@H]1[C@@H](O)[C@H](O[C@@H]2O[C@H](CO)[C@@H](O[C@@H]3O[C@H](CO[C@H]4O[C@H](CO)[C@@H](O)[C@H](O)[C@@H]4O)[C@@H](O)[C@H](O[C@H]4O[C@H](CO)[C@@H](O)[C@H](O)[C@@H]4O[C@@H]4O[C@H](CO)[C@@H](O[C@@H]5O[C@H](CO)[C@H](O)[C@H](O[C@H]6O[C@H](CO)[C@H](O)[C@H](O)[C@H]6O)[C@H]5O)[C@H](O)[C@H]4NC(C)=O)[C@@H]3O)[C@H](O)[C@H]2NC(C)=O)[C@@H](CO[C@@H]2O[C@@H](C)[C@@H](O)[C@@H](O)[C@@H]2O)O[C@H]1O. The van der Waals surface area contributed by atoms with Gasteiger partial charge in [-0.3, -0.25) is 14.4 Å². The van der Waals surface area contributed by atoms with Gasteiger partial charge in [0.25, 0.3) is 0 Å². The molecule has 9 saturated heterocycles. The molecule has 0 aromatic rings. The molecule has 0 saturated carbocycles. The number of amides is 3. The van der Waals surface area contributed by atoms with Crippen molar-refractivity contribution in [3.8, 4) is 0 Å². The molecule has 0 aromatic heterocycles. The number of aliphatic hydroxyl groups is 25. The fourth-order valence-corrected chi connectivity index (χ4v) is 13.9. The number of carbonyl (C=O) groups is 3. The van der Waals surface area contributed by atoms with E-state index in [1.807, 2.05) is 0 Å². The van der Waals surface area contributed by atoms with Gasteiger partial charge in [-0.05, 0) is 6.92 Å². The smallest absolute Gasteiger partial charge is 0.217 e. The van der Waals surface area contributed by atoms with Crippen molar-refractivity contribution >= 4 is 17.7 Å². The number of hydrogen-bond donors (Lipinski definition) is 28. The Bertz CT molecular complexity index is 2820. The highest BCUT2D eigenvalue weighted by atomic mass is 16.8. The third kappa shape index (κ3) is 19.3. The van der Waals surface area contributed by atoms with Gasteiger partial charge in [0, 0.05) is 20.8 Å². The molecule has 0 bridgehead atoms. The predicted molar refractivity (Wildman–Crippen MR) is 330 cm³/mol. The lowest BCUT2D eigenvalue weighted by molar-refractivity contribution is -0.399. The molecule has 9 heterocycles. The van der Waals surface area contributed by atoms with E-state index in [1.165, 1.54) is 6.92 Å².